The molecule has 2 aromatic rings. The third-order valence-corrected chi connectivity index (χ3v) is 12.7. The molecule has 3 heterocycles. The van der Waals surface area contributed by atoms with Gasteiger partial charge in [-0.1, -0.05) is 13.8 Å². The summed E-state index contributed by atoms with van der Waals surface area (Å²) < 4.78 is 34.8. The quantitative estimate of drug-likeness (QED) is 0.159. The summed E-state index contributed by atoms with van der Waals surface area (Å²) in [7, 11) is -9.59. The molecule has 7 rings (SSSR count). The average Bonchev–Trinajstić information content (AvgIpc) is 3.34. The predicted molar refractivity (Wildman–Crippen MR) is 151 cm³/mol. The number of ether oxygens (including phenoxy) is 1. The Morgan fingerprint density at radius 2 is 1.79 bits per heavy atom. The molecule has 43 heavy (non-hydrogen) atoms. The van der Waals surface area contributed by atoms with E-state index in [0.717, 1.165) is 25.7 Å². The predicted octanol–water partition coefficient (Wildman–Crippen LogP) is 2.31. The van der Waals surface area contributed by atoms with E-state index >= 15 is 0 Å². The molecule has 1 aliphatic heterocycles. The van der Waals surface area contributed by atoms with Crippen LogP contribution in [0, 0.1) is 16.7 Å². The lowest BCUT2D eigenvalue weighted by Gasteiger charge is -2.65. The molecule has 4 unspecified atom stereocenters. The second-order valence-corrected chi connectivity index (χ2v) is 17.8. The molecule has 4 aliphatic carbocycles. The molecule has 2 aromatic heterocycles. The number of anilines is 1. The van der Waals surface area contributed by atoms with Crippen molar-refractivity contribution in [1.29, 1.82) is 0 Å². The summed E-state index contributed by atoms with van der Waals surface area (Å²) in [6.07, 6.45) is 1.64. The zero-order chi connectivity index (χ0) is 31.2. The minimum atomic E-state index is -4.86. The number of hydrogen-bond acceptors (Lipinski definition) is 10. The van der Waals surface area contributed by atoms with E-state index in [1.165, 1.54) is 23.7 Å². The number of aliphatic hydroxyl groups is 2. The molecule has 19 heteroatoms. The fourth-order valence-electron chi connectivity index (χ4n) is 8.69. The van der Waals surface area contributed by atoms with Crippen LogP contribution in [0.3, 0.4) is 0 Å². The Hall–Kier alpha value is -1.71. The first-order valence-electron chi connectivity index (χ1n) is 13.9. The highest BCUT2D eigenvalue weighted by molar-refractivity contribution is 7.70. The normalized spacial score (nSPS) is 38.4. The Morgan fingerprint density at radius 1 is 1.12 bits per heavy atom. The van der Waals surface area contributed by atoms with Gasteiger partial charge in [-0.05, 0) is 66.9 Å². The van der Waals surface area contributed by atoms with Gasteiger partial charge in [0.25, 0.3) is 0 Å². The number of halogens is 1. The van der Waals surface area contributed by atoms with Gasteiger partial charge < -0.3 is 39.5 Å². The van der Waals surface area contributed by atoms with Crippen molar-refractivity contribution in [2.45, 2.75) is 82.5 Å². The number of urea groups is 1. The van der Waals surface area contributed by atoms with Gasteiger partial charge in [-0.3, -0.25) is 19.0 Å². The van der Waals surface area contributed by atoms with Crippen molar-refractivity contribution in [2.24, 2.45) is 16.7 Å². The van der Waals surface area contributed by atoms with Crippen molar-refractivity contribution in [2.75, 3.05) is 17.8 Å². The molecule has 1 saturated heterocycles. The minimum absolute atomic E-state index is 0.0278. The molecule has 9 atom stereocenters. The van der Waals surface area contributed by atoms with Crippen LogP contribution in [0.4, 0.5) is 10.6 Å². The van der Waals surface area contributed by atoms with Gasteiger partial charge in [0.15, 0.2) is 29.1 Å². The summed E-state index contributed by atoms with van der Waals surface area (Å²) in [4.78, 5) is 53.6. The van der Waals surface area contributed by atoms with Gasteiger partial charge in [-0.25, -0.2) is 9.78 Å². The maximum atomic E-state index is 13.3. The number of carbonyl (C=O) groups excluding carboxylic acids is 1. The number of imidazole rings is 1. The lowest BCUT2D eigenvalue weighted by molar-refractivity contribution is -0.113. The Labute approximate surface area is 251 Å². The van der Waals surface area contributed by atoms with Crippen LogP contribution in [0.1, 0.15) is 58.6 Å². The molecule has 5 aliphatic rings. The van der Waals surface area contributed by atoms with Gasteiger partial charge in [0.05, 0.1) is 12.9 Å². The second kappa shape index (κ2) is 10.4. The molecule has 5 fully saturated rings. The molecule has 0 radical (unpaired) electrons. The molecule has 238 valence electrons. The molecule has 7 N–H and O–H groups in total. The monoisotopic (exact) mass is 664 g/mol. The highest BCUT2D eigenvalue weighted by Gasteiger charge is 2.60. The summed E-state index contributed by atoms with van der Waals surface area (Å²) >= 11 is 6.20. The molecule has 16 nitrogen and oxygen atoms in total. The van der Waals surface area contributed by atoms with E-state index in [1.807, 2.05) is 0 Å². The highest BCUT2D eigenvalue weighted by Crippen LogP contribution is 2.66. The van der Waals surface area contributed by atoms with Crippen LogP contribution in [0.5, 0.6) is 0 Å². The Bertz CT molecular complexity index is 1540. The van der Waals surface area contributed by atoms with Crippen molar-refractivity contribution in [3.63, 3.8) is 0 Å². The van der Waals surface area contributed by atoms with Crippen molar-refractivity contribution in [3.8, 4) is 0 Å². The smallest absolute Gasteiger partial charge is 0.340 e. The van der Waals surface area contributed by atoms with E-state index < -0.39 is 58.3 Å². The molecular formula is C24H35ClN6O10P2. The van der Waals surface area contributed by atoms with Gasteiger partial charge in [-0.15, -0.1) is 0 Å². The zero-order valence-electron chi connectivity index (χ0n) is 23.5. The van der Waals surface area contributed by atoms with Crippen LogP contribution < -0.4 is 10.6 Å². The number of nitrogens with one attached hydrogen (secondary N) is 2. The number of aliphatic hydroxyl groups excluding tert-OH is 2. The number of fused-ring (bicyclic) bond motifs is 1. The lowest BCUT2D eigenvalue weighted by atomic mass is 9.43. The number of aromatic nitrogens is 4. The third-order valence-electron chi connectivity index (χ3n) is 9.05. The number of hydrogen-bond donors (Lipinski definition) is 7. The van der Waals surface area contributed by atoms with Gasteiger partial charge in [0.1, 0.15) is 18.3 Å². The summed E-state index contributed by atoms with van der Waals surface area (Å²) in [5, 5.41) is 27.0. The Kier molecular flexibility index (Phi) is 7.57. The van der Waals surface area contributed by atoms with Crippen LogP contribution >= 0.6 is 26.8 Å². The molecule has 4 bridgehead atoms. The fraction of sp³-hybridized carbons (Fsp3) is 0.750. The fourth-order valence-corrected chi connectivity index (χ4v) is 11.4. The highest BCUT2D eigenvalue weighted by atomic mass is 35.5. The first-order chi connectivity index (χ1) is 19.9. The van der Waals surface area contributed by atoms with Crippen molar-refractivity contribution in [3.05, 3.63) is 11.6 Å². The van der Waals surface area contributed by atoms with Crippen molar-refractivity contribution in [1.82, 2.24) is 24.8 Å². The maximum absolute atomic E-state index is 13.3. The van der Waals surface area contributed by atoms with E-state index in [1.54, 1.807) is 0 Å². The van der Waals surface area contributed by atoms with Gasteiger partial charge in [0, 0.05) is 5.54 Å². The van der Waals surface area contributed by atoms with Crippen LogP contribution in [0.15, 0.2) is 6.33 Å². The Balaban J connectivity index is 1.18. The Morgan fingerprint density at radius 3 is 2.42 bits per heavy atom. The standard InChI is InChI=1S/C24H35ClN6O10P2/c1-22-3-12-4-23(2,7-22)9-24(5-12,8-22)30-21(34)28-17-14-18(29-20(25)27-17)31(10-26-14)19-16(33)15(32)13(41-19)6-40-43(38,39)11-42(35,36)37/h10,12-13,15-16,19,32-33H,3-9,11H2,1-2H3,(H,38,39)(H2,35,36,37)(H2,27,28,29,30,34)/t12?,13-,15+,16?,19-,22-,23+,24?/m1/s1. The number of rotatable bonds is 8. The molecule has 0 aromatic carbocycles. The maximum Gasteiger partial charge on any atom is 0.340 e. The summed E-state index contributed by atoms with van der Waals surface area (Å²) in [6.45, 7) is 3.86. The van der Waals surface area contributed by atoms with Crippen molar-refractivity contribution >= 4 is 49.8 Å². The molecular weight excluding hydrogens is 630 g/mol. The van der Waals surface area contributed by atoms with Crippen LogP contribution in [-0.2, 0) is 18.4 Å². The van der Waals surface area contributed by atoms with E-state index in [9.17, 15) is 29.0 Å². The van der Waals surface area contributed by atoms with E-state index in [0.29, 0.717) is 5.92 Å². The number of carbonyl (C=O) groups is 1. The van der Waals surface area contributed by atoms with Gasteiger partial charge >= 0.3 is 21.2 Å². The topological polar surface area (TPSA) is 238 Å². The first-order valence-corrected chi connectivity index (χ1v) is 17.8. The van der Waals surface area contributed by atoms with E-state index in [4.69, 9.17) is 30.6 Å². The first kappa shape index (κ1) is 31.3. The summed E-state index contributed by atoms with van der Waals surface area (Å²) in [5.74, 6) is -0.819. The van der Waals surface area contributed by atoms with E-state index in [-0.39, 0.29) is 38.6 Å². The molecule has 2 amide bonds. The summed E-state index contributed by atoms with van der Waals surface area (Å²) in [6, 6.07) is -0.451. The second-order valence-electron chi connectivity index (χ2n) is 13.4. The molecule has 0 spiro atoms. The average molecular weight is 665 g/mol. The van der Waals surface area contributed by atoms with Gasteiger partial charge in [0.2, 0.25) is 5.28 Å². The molecule has 4 saturated carbocycles. The zero-order valence-corrected chi connectivity index (χ0v) is 26.0. The van der Waals surface area contributed by atoms with Crippen molar-refractivity contribution < 1.29 is 48.1 Å². The lowest BCUT2D eigenvalue weighted by Crippen LogP contribution is -2.65. The minimum Gasteiger partial charge on any atom is -0.387 e. The number of amides is 2. The van der Waals surface area contributed by atoms with Gasteiger partial charge in [-0.2, -0.15) is 9.97 Å². The van der Waals surface area contributed by atoms with Crippen LogP contribution in [0.25, 0.3) is 11.2 Å². The SMILES string of the molecule is C[C@]12CC3CC(NC(=O)Nc4nc(Cl)nc5c4ncn5[C@@H]4O[C@H](COP(=O)(O)CP(=O)(O)O)[C@H](O)C4O)(C1)C[C@@](C)(C3)C2. The van der Waals surface area contributed by atoms with Crippen LogP contribution in [0.2, 0.25) is 5.28 Å². The summed E-state index contributed by atoms with van der Waals surface area (Å²) in [5.41, 5.74) is 0.262. The largest absolute Gasteiger partial charge is 0.387 e. The number of nitrogens with zero attached hydrogens (tertiary/aromatic N) is 4. The third kappa shape index (κ3) is 6.24. The van der Waals surface area contributed by atoms with Crippen LogP contribution in [-0.4, -0.2) is 86.8 Å². The van der Waals surface area contributed by atoms with E-state index in [2.05, 4.69) is 39.4 Å².